The van der Waals surface area contributed by atoms with Crippen LogP contribution >= 0.6 is 23.4 Å². The molecule has 0 spiro atoms. The van der Waals surface area contributed by atoms with Gasteiger partial charge in [-0.2, -0.15) is 0 Å². The topological polar surface area (TPSA) is 12.9 Å². The van der Waals surface area contributed by atoms with Crippen LogP contribution < -0.4 is 0 Å². The number of hydrogen-bond donors (Lipinski definition) is 0. The summed E-state index contributed by atoms with van der Waals surface area (Å²) in [5.41, 5.74) is 0. The molecule has 1 aromatic heterocycles. The Kier molecular flexibility index (Phi) is 4.60. The van der Waals surface area contributed by atoms with Crippen molar-refractivity contribution in [1.82, 2.24) is 4.98 Å². The summed E-state index contributed by atoms with van der Waals surface area (Å²) in [5.74, 6) is 1.86. The standard InChI is InChI=1S/C10H14ClNS/c1-3-8(2)7-13-10-6-9(11)4-5-12-10/h4-6,8H,3,7H2,1-2H3. The second-order valence-electron chi connectivity index (χ2n) is 3.14. The maximum atomic E-state index is 5.84. The molecule has 0 fully saturated rings. The van der Waals surface area contributed by atoms with E-state index in [2.05, 4.69) is 18.8 Å². The maximum Gasteiger partial charge on any atom is 0.0974 e. The van der Waals surface area contributed by atoms with Crippen LogP contribution in [0.5, 0.6) is 0 Å². The van der Waals surface area contributed by atoms with Crippen LogP contribution in [0.1, 0.15) is 20.3 Å². The minimum absolute atomic E-state index is 0.741. The molecule has 0 aliphatic heterocycles. The van der Waals surface area contributed by atoms with Crippen molar-refractivity contribution in [3.63, 3.8) is 0 Å². The number of nitrogens with zero attached hydrogens (tertiary/aromatic N) is 1. The van der Waals surface area contributed by atoms with E-state index in [1.165, 1.54) is 6.42 Å². The van der Waals surface area contributed by atoms with E-state index in [1.807, 2.05) is 6.07 Å². The number of pyridine rings is 1. The summed E-state index contributed by atoms with van der Waals surface area (Å²) >= 11 is 7.61. The minimum Gasteiger partial charge on any atom is -0.250 e. The quantitative estimate of drug-likeness (QED) is 0.708. The lowest BCUT2D eigenvalue weighted by molar-refractivity contribution is 0.636. The van der Waals surface area contributed by atoms with Crippen LogP contribution in [0.3, 0.4) is 0 Å². The third kappa shape index (κ3) is 4.01. The number of halogens is 1. The number of rotatable bonds is 4. The minimum atomic E-state index is 0.741. The van der Waals surface area contributed by atoms with Gasteiger partial charge < -0.3 is 0 Å². The van der Waals surface area contributed by atoms with Crippen LogP contribution in [0.2, 0.25) is 5.02 Å². The molecule has 3 heteroatoms. The Morgan fingerprint density at radius 2 is 2.38 bits per heavy atom. The van der Waals surface area contributed by atoms with Gasteiger partial charge in [0.2, 0.25) is 0 Å². The summed E-state index contributed by atoms with van der Waals surface area (Å²) in [6, 6.07) is 3.71. The molecule has 0 aliphatic rings. The summed E-state index contributed by atoms with van der Waals surface area (Å²) in [6.45, 7) is 4.45. The van der Waals surface area contributed by atoms with Gasteiger partial charge in [-0.15, -0.1) is 11.8 Å². The maximum absolute atomic E-state index is 5.84. The molecule has 1 rings (SSSR count). The van der Waals surface area contributed by atoms with E-state index < -0.39 is 0 Å². The molecule has 72 valence electrons. The Bertz CT molecular complexity index is 265. The molecule has 1 heterocycles. The molecule has 1 aromatic rings. The van der Waals surface area contributed by atoms with Crippen molar-refractivity contribution in [2.24, 2.45) is 5.92 Å². The molecule has 1 atom stereocenters. The highest BCUT2D eigenvalue weighted by Gasteiger charge is 2.01. The van der Waals surface area contributed by atoms with Crippen LogP contribution in [0.4, 0.5) is 0 Å². The van der Waals surface area contributed by atoms with Crippen molar-refractivity contribution in [3.05, 3.63) is 23.4 Å². The Hall–Kier alpha value is -0.210. The van der Waals surface area contributed by atoms with Crippen molar-refractivity contribution in [1.29, 1.82) is 0 Å². The molecule has 1 nitrogen and oxygen atoms in total. The second kappa shape index (κ2) is 5.51. The molecule has 13 heavy (non-hydrogen) atoms. The molecule has 0 amide bonds. The summed E-state index contributed by atoms with van der Waals surface area (Å²) < 4.78 is 0. The first-order chi connectivity index (χ1) is 6.22. The average molecular weight is 216 g/mol. The van der Waals surface area contributed by atoms with Crippen LogP contribution in [-0.2, 0) is 0 Å². The lowest BCUT2D eigenvalue weighted by Gasteiger charge is -2.06. The van der Waals surface area contributed by atoms with Gasteiger partial charge in [-0.3, -0.25) is 0 Å². The van der Waals surface area contributed by atoms with Crippen molar-refractivity contribution in [3.8, 4) is 0 Å². The molecule has 0 aliphatic carbocycles. The van der Waals surface area contributed by atoms with Gasteiger partial charge in [0, 0.05) is 17.0 Å². The smallest absolute Gasteiger partial charge is 0.0974 e. The molecule has 0 radical (unpaired) electrons. The van der Waals surface area contributed by atoms with Crippen LogP contribution in [0, 0.1) is 5.92 Å². The first-order valence-corrected chi connectivity index (χ1v) is 5.83. The Morgan fingerprint density at radius 1 is 1.62 bits per heavy atom. The largest absolute Gasteiger partial charge is 0.250 e. The summed E-state index contributed by atoms with van der Waals surface area (Å²) in [5, 5.41) is 1.79. The van der Waals surface area contributed by atoms with Gasteiger partial charge in [-0.25, -0.2) is 4.98 Å². The van der Waals surface area contributed by atoms with Crippen LogP contribution in [0.25, 0.3) is 0 Å². The lowest BCUT2D eigenvalue weighted by Crippen LogP contribution is -1.95. The third-order valence-corrected chi connectivity index (χ3v) is 3.40. The molecule has 0 saturated carbocycles. The van der Waals surface area contributed by atoms with E-state index in [0.717, 1.165) is 21.7 Å². The van der Waals surface area contributed by atoms with Gasteiger partial charge in [-0.1, -0.05) is 31.9 Å². The fourth-order valence-corrected chi connectivity index (χ4v) is 2.07. The highest BCUT2D eigenvalue weighted by molar-refractivity contribution is 7.99. The van der Waals surface area contributed by atoms with Gasteiger partial charge in [-0.05, 0) is 18.1 Å². The summed E-state index contributed by atoms with van der Waals surface area (Å²) in [4.78, 5) is 4.22. The fraction of sp³-hybridized carbons (Fsp3) is 0.500. The van der Waals surface area contributed by atoms with E-state index in [4.69, 9.17) is 11.6 Å². The van der Waals surface area contributed by atoms with Gasteiger partial charge in [0.25, 0.3) is 0 Å². The summed E-state index contributed by atoms with van der Waals surface area (Å²) in [7, 11) is 0. The molecule has 0 saturated heterocycles. The number of hydrogen-bond acceptors (Lipinski definition) is 2. The van der Waals surface area contributed by atoms with Gasteiger partial charge in [0.05, 0.1) is 5.03 Å². The predicted octanol–water partition coefficient (Wildman–Crippen LogP) is 3.87. The lowest BCUT2D eigenvalue weighted by atomic mass is 10.2. The zero-order chi connectivity index (χ0) is 9.68. The van der Waals surface area contributed by atoms with E-state index in [9.17, 15) is 0 Å². The van der Waals surface area contributed by atoms with Crippen LogP contribution in [0.15, 0.2) is 23.4 Å². The first-order valence-electron chi connectivity index (χ1n) is 4.46. The third-order valence-electron chi connectivity index (χ3n) is 1.91. The van der Waals surface area contributed by atoms with E-state index in [-0.39, 0.29) is 0 Å². The normalized spacial score (nSPS) is 12.8. The number of thioether (sulfide) groups is 1. The summed E-state index contributed by atoms with van der Waals surface area (Å²) in [6.07, 6.45) is 2.97. The Morgan fingerprint density at radius 3 is 3.00 bits per heavy atom. The average Bonchev–Trinajstić information content (AvgIpc) is 2.14. The van der Waals surface area contributed by atoms with Crippen molar-refractivity contribution < 1.29 is 0 Å². The van der Waals surface area contributed by atoms with E-state index in [1.54, 1.807) is 24.0 Å². The molecular weight excluding hydrogens is 202 g/mol. The fourth-order valence-electron chi connectivity index (χ4n) is 0.810. The first kappa shape index (κ1) is 10.9. The van der Waals surface area contributed by atoms with Crippen molar-refractivity contribution >= 4 is 23.4 Å². The monoisotopic (exact) mass is 215 g/mol. The molecule has 0 N–H and O–H groups in total. The van der Waals surface area contributed by atoms with E-state index >= 15 is 0 Å². The SMILES string of the molecule is CCC(C)CSc1cc(Cl)ccn1. The zero-order valence-electron chi connectivity index (χ0n) is 7.96. The van der Waals surface area contributed by atoms with Gasteiger partial charge >= 0.3 is 0 Å². The molecule has 0 bridgehead atoms. The Labute approximate surface area is 88.9 Å². The van der Waals surface area contributed by atoms with Crippen LogP contribution in [-0.4, -0.2) is 10.7 Å². The highest BCUT2D eigenvalue weighted by Crippen LogP contribution is 2.21. The van der Waals surface area contributed by atoms with Gasteiger partial charge in [0.15, 0.2) is 0 Å². The predicted molar refractivity (Wildman–Crippen MR) is 59.4 cm³/mol. The van der Waals surface area contributed by atoms with E-state index in [0.29, 0.717) is 0 Å². The molecular formula is C10H14ClNS. The Balaban J connectivity index is 2.45. The second-order valence-corrected chi connectivity index (χ2v) is 4.61. The number of aromatic nitrogens is 1. The van der Waals surface area contributed by atoms with Crippen molar-refractivity contribution in [2.45, 2.75) is 25.3 Å². The highest BCUT2D eigenvalue weighted by atomic mass is 35.5. The van der Waals surface area contributed by atoms with Gasteiger partial charge in [0.1, 0.15) is 0 Å². The zero-order valence-corrected chi connectivity index (χ0v) is 9.53. The molecule has 1 unspecified atom stereocenters. The molecule has 0 aromatic carbocycles. The van der Waals surface area contributed by atoms with Crippen molar-refractivity contribution in [2.75, 3.05) is 5.75 Å².